The van der Waals surface area contributed by atoms with Crippen LogP contribution < -0.4 is 0 Å². The van der Waals surface area contributed by atoms with E-state index in [9.17, 15) is 0 Å². The van der Waals surface area contributed by atoms with E-state index < -0.39 is 0 Å². The van der Waals surface area contributed by atoms with E-state index >= 15 is 0 Å². The number of ether oxygens (including phenoxy) is 1. The van der Waals surface area contributed by atoms with Gasteiger partial charge in [0.05, 0.1) is 13.2 Å². The molecule has 0 N–H and O–H groups in total. The lowest BCUT2D eigenvalue weighted by atomic mass is 10.1. The van der Waals surface area contributed by atoms with Crippen LogP contribution in [-0.4, -0.2) is 31.2 Å². The van der Waals surface area contributed by atoms with Gasteiger partial charge in [-0.1, -0.05) is 32.6 Å². The summed E-state index contributed by atoms with van der Waals surface area (Å²) in [7, 11) is 0. The Morgan fingerprint density at radius 2 is 1.69 bits per heavy atom. The third-order valence-electron chi connectivity index (χ3n) is 2.57. The van der Waals surface area contributed by atoms with Crippen LogP contribution in [-0.2, 0) is 4.74 Å². The van der Waals surface area contributed by atoms with E-state index in [4.69, 9.17) is 4.74 Å². The zero-order valence-corrected chi connectivity index (χ0v) is 11.2. The van der Waals surface area contributed by atoms with Crippen molar-refractivity contribution in [1.29, 1.82) is 0 Å². The number of nitrogens with zero attached hydrogens (tertiary/aromatic N) is 1. The Balaban J connectivity index is 0.00000106. The maximum Gasteiger partial charge on any atom is 0.0642 e. The maximum absolute atomic E-state index is 5.31. The van der Waals surface area contributed by atoms with Crippen LogP contribution in [0.5, 0.6) is 0 Å². The topological polar surface area (TPSA) is 12.5 Å². The van der Waals surface area contributed by atoms with E-state index in [0.717, 1.165) is 31.9 Å². The van der Waals surface area contributed by atoms with E-state index in [1.165, 1.54) is 11.3 Å². The van der Waals surface area contributed by atoms with Gasteiger partial charge < -0.3 is 9.64 Å². The summed E-state index contributed by atoms with van der Waals surface area (Å²) in [5.74, 6) is 0. The Hall–Kier alpha value is -1.02. The van der Waals surface area contributed by atoms with Gasteiger partial charge >= 0.3 is 0 Å². The lowest BCUT2D eigenvalue weighted by Gasteiger charge is -2.31. The maximum atomic E-state index is 5.31. The fourth-order valence-electron chi connectivity index (χ4n) is 1.54. The molecule has 2 heteroatoms. The quantitative estimate of drug-likeness (QED) is 0.680. The van der Waals surface area contributed by atoms with Crippen molar-refractivity contribution in [2.24, 2.45) is 0 Å². The molecule has 2 nitrogen and oxygen atoms in total. The first-order chi connectivity index (χ1) is 7.66. The molecule has 0 radical (unpaired) electrons. The zero-order chi connectivity index (χ0) is 12.6. The van der Waals surface area contributed by atoms with Crippen LogP contribution in [0.1, 0.15) is 27.7 Å². The van der Waals surface area contributed by atoms with Gasteiger partial charge in [0.1, 0.15) is 0 Å². The molecule has 16 heavy (non-hydrogen) atoms. The monoisotopic (exact) mass is 223 g/mol. The molecule has 1 aliphatic rings. The fourth-order valence-corrected chi connectivity index (χ4v) is 1.54. The molecule has 0 aromatic carbocycles. The molecule has 0 aromatic rings. The molecule has 0 atom stereocenters. The summed E-state index contributed by atoms with van der Waals surface area (Å²) in [4.78, 5) is 2.31. The molecule has 1 heterocycles. The summed E-state index contributed by atoms with van der Waals surface area (Å²) in [5.41, 5.74) is 3.52. The van der Waals surface area contributed by atoms with Crippen LogP contribution in [0.4, 0.5) is 0 Å². The van der Waals surface area contributed by atoms with Crippen LogP contribution in [0.15, 0.2) is 36.1 Å². The highest BCUT2D eigenvalue weighted by molar-refractivity contribution is 5.34. The summed E-state index contributed by atoms with van der Waals surface area (Å²) < 4.78 is 5.31. The molecule has 92 valence electrons. The van der Waals surface area contributed by atoms with Crippen molar-refractivity contribution >= 4 is 0 Å². The highest BCUT2D eigenvalue weighted by Gasteiger charge is 2.13. The largest absolute Gasteiger partial charge is 0.378 e. The van der Waals surface area contributed by atoms with Crippen LogP contribution in [0.2, 0.25) is 0 Å². The summed E-state index contributed by atoms with van der Waals surface area (Å²) in [5, 5.41) is 0. The van der Waals surface area contributed by atoms with Gasteiger partial charge in [-0.25, -0.2) is 0 Å². The fraction of sp³-hybridized carbons (Fsp3) is 0.571. The second-order valence-electron chi connectivity index (χ2n) is 3.59. The summed E-state index contributed by atoms with van der Waals surface area (Å²) in [6.45, 7) is 19.4. The lowest BCUT2D eigenvalue weighted by molar-refractivity contribution is 0.0550. The first-order valence-corrected chi connectivity index (χ1v) is 5.98. The van der Waals surface area contributed by atoms with E-state index in [2.05, 4.69) is 25.0 Å². The molecule has 1 fully saturated rings. The molecule has 1 aliphatic heterocycles. The van der Waals surface area contributed by atoms with Gasteiger partial charge in [0.2, 0.25) is 0 Å². The van der Waals surface area contributed by atoms with E-state index in [1.54, 1.807) is 0 Å². The minimum absolute atomic E-state index is 0.806. The smallest absolute Gasteiger partial charge is 0.0642 e. The molecule has 0 saturated carbocycles. The van der Waals surface area contributed by atoms with Crippen LogP contribution in [0, 0.1) is 0 Å². The van der Waals surface area contributed by atoms with E-state index in [-0.39, 0.29) is 0 Å². The number of rotatable bonds is 3. The van der Waals surface area contributed by atoms with E-state index in [0.29, 0.717) is 0 Å². The SMILES string of the molecule is C=C/C(=C(/C)C(=C)C)N1CCOCC1.CC. The predicted molar refractivity (Wildman–Crippen MR) is 71.5 cm³/mol. The Morgan fingerprint density at radius 1 is 1.19 bits per heavy atom. The number of morpholine rings is 1. The molecule has 1 rings (SSSR count). The Labute approximate surface area is 100 Å². The molecule has 0 aromatic heterocycles. The minimum Gasteiger partial charge on any atom is -0.378 e. The highest BCUT2D eigenvalue weighted by atomic mass is 16.5. The first-order valence-electron chi connectivity index (χ1n) is 5.98. The molecule has 0 bridgehead atoms. The zero-order valence-electron chi connectivity index (χ0n) is 11.2. The molecular weight excluding hydrogens is 198 g/mol. The number of hydrogen-bond donors (Lipinski definition) is 0. The normalized spacial score (nSPS) is 16.9. The van der Waals surface area contributed by atoms with Gasteiger partial charge in [-0.2, -0.15) is 0 Å². The van der Waals surface area contributed by atoms with Crippen LogP contribution in [0.25, 0.3) is 0 Å². The van der Waals surface area contributed by atoms with E-state index in [1.807, 2.05) is 26.8 Å². The third-order valence-corrected chi connectivity index (χ3v) is 2.57. The molecule has 0 aliphatic carbocycles. The predicted octanol–water partition coefficient (Wildman–Crippen LogP) is 3.38. The van der Waals surface area contributed by atoms with Gasteiger partial charge in [-0.15, -0.1) is 0 Å². The van der Waals surface area contributed by atoms with Crippen molar-refractivity contribution in [3.8, 4) is 0 Å². The summed E-state index contributed by atoms with van der Waals surface area (Å²) >= 11 is 0. The highest BCUT2D eigenvalue weighted by Crippen LogP contribution is 2.18. The molecule has 0 amide bonds. The Morgan fingerprint density at radius 3 is 2.06 bits per heavy atom. The average molecular weight is 223 g/mol. The number of allylic oxidation sites excluding steroid dienone is 3. The van der Waals surface area contributed by atoms with Crippen molar-refractivity contribution in [2.45, 2.75) is 27.7 Å². The van der Waals surface area contributed by atoms with Crippen molar-refractivity contribution in [3.05, 3.63) is 36.1 Å². The molecule has 1 saturated heterocycles. The standard InChI is InChI=1S/C12H19NO.C2H6/c1-5-12(11(4)10(2)3)13-6-8-14-9-7-13;1-2/h5H,1-2,6-9H2,3-4H3;1-2H3/b12-11+;. The van der Waals surface area contributed by atoms with Gasteiger partial charge in [-0.05, 0) is 25.5 Å². The number of hydrogen-bond acceptors (Lipinski definition) is 2. The second-order valence-corrected chi connectivity index (χ2v) is 3.59. The Bertz CT molecular complexity index is 260. The third kappa shape index (κ3) is 4.23. The van der Waals surface area contributed by atoms with Crippen molar-refractivity contribution in [3.63, 3.8) is 0 Å². The van der Waals surface area contributed by atoms with Gasteiger partial charge in [0.25, 0.3) is 0 Å². The summed E-state index contributed by atoms with van der Waals surface area (Å²) in [6.07, 6.45) is 1.91. The first kappa shape index (κ1) is 15.0. The Kier molecular flexibility index (Phi) is 7.65. The molecular formula is C14H25NO. The molecule has 0 unspecified atom stereocenters. The van der Waals surface area contributed by atoms with Crippen LogP contribution in [0.3, 0.4) is 0 Å². The van der Waals surface area contributed by atoms with Crippen LogP contribution >= 0.6 is 0 Å². The molecule has 0 spiro atoms. The lowest BCUT2D eigenvalue weighted by Crippen LogP contribution is -2.35. The van der Waals surface area contributed by atoms with Crippen molar-refractivity contribution in [2.75, 3.05) is 26.3 Å². The summed E-state index contributed by atoms with van der Waals surface area (Å²) in [6, 6.07) is 0. The van der Waals surface area contributed by atoms with Gasteiger partial charge in [-0.3, -0.25) is 0 Å². The minimum atomic E-state index is 0.806. The van der Waals surface area contributed by atoms with Crippen molar-refractivity contribution < 1.29 is 4.74 Å². The second kappa shape index (κ2) is 8.17. The van der Waals surface area contributed by atoms with Gasteiger partial charge in [0, 0.05) is 18.8 Å². The van der Waals surface area contributed by atoms with Crippen molar-refractivity contribution in [1.82, 2.24) is 4.90 Å². The average Bonchev–Trinajstić information content (AvgIpc) is 2.33. The van der Waals surface area contributed by atoms with Gasteiger partial charge in [0.15, 0.2) is 0 Å².